The normalized spacial score (nSPS) is 8.78. The Balaban J connectivity index is -0.00000133. The molecule has 23 heavy (non-hydrogen) atoms. The van der Waals surface area contributed by atoms with Crippen LogP contribution in [0.25, 0.3) is 0 Å². The Morgan fingerprint density at radius 2 is 1.70 bits per heavy atom. The Bertz CT molecular complexity index is 429. The van der Waals surface area contributed by atoms with E-state index < -0.39 is 21.6 Å². The predicted octanol–water partition coefficient (Wildman–Crippen LogP) is -0.961. The summed E-state index contributed by atoms with van der Waals surface area (Å²) >= 11 is -0.707. The first-order chi connectivity index (χ1) is 9.67. The van der Waals surface area contributed by atoms with Crippen LogP contribution in [0.15, 0.2) is 30.3 Å². The Morgan fingerprint density at radius 3 is 2.22 bits per heavy atom. The molecule has 0 bridgehead atoms. The number of benzene rings is 1. The summed E-state index contributed by atoms with van der Waals surface area (Å²) in [6, 6.07) is 10.00. The van der Waals surface area contributed by atoms with E-state index >= 15 is 0 Å². The first-order valence-corrected chi connectivity index (χ1v) is 8.93. The van der Waals surface area contributed by atoms with Crippen LogP contribution in [0.5, 0.6) is 0 Å². The number of carbonyl (C=O) groups excluding carboxylic acids is 2. The van der Waals surface area contributed by atoms with Crippen LogP contribution in [0, 0.1) is 0 Å². The summed E-state index contributed by atoms with van der Waals surface area (Å²) < 4.78 is 7.90. The predicted molar refractivity (Wildman–Crippen MR) is 90.5 cm³/mol. The zero-order valence-corrected chi connectivity index (χ0v) is 15.7. The Labute approximate surface area is 143 Å². The summed E-state index contributed by atoms with van der Waals surface area (Å²) in [5, 5.41) is 0. The van der Waals surface area contributed by atoms with Crippen molar-refractivity contribution in [1.82, 2.24) is 3.86 Å². The summed E-state index contributed by atoms with van der Waals surface area (Å²) in [5.41, 5.74) is 0. The second-order valence-corrected chi connectivity index (χ2v) is 7.17. The third kappa shape index (κ3) is 10.9. The fourth-order valence-electron chi connectivity index (χ4n) is 1.66. The maximum atomic E-state index is 12.2. The average Bonchev–Trinajstić information content (AvgIpc) is 2.44. The van der Waals surface area contributed by atoms with Gasteiger partial charge < -0.3 is 16.4 Å². The van der Waals surface area contributed by atoms with Crippen LogP contribution in [-0.4, -0.2) is 61.0 Å². The van der Waals surface area contributed by atoms with Crippen LogP contribution in [0.3, 0.4) is 0 Å². The third-order valence-electron chi connectivity index (χ3n) is 2.68. The molecule has 1 rings (SSSR count). The zero-order chi connectivity index (χ0) is 14.8. The number of nitrogens with zero attached hydrogens (tertiary/aromatic N) is 1. The van der Waals surface area contributed by atoms with Crippen molar-refractivity contribution in [1.29, 1.82) is 0 Å². The Kier molecular flexibility index (Phi) is 17.8. The molecule has 0 aliphatic carbocycles. The number of amides is 1. The van der Waals surface area contributed by atoms with Gasteiger partial charge in [-0.15, -0.1) is 0 Å². The minimum absolute atomic E-state index is 0. The topological polar surface area (TPSA) is 141 Å². The fourth-order valence-corrected chi connectivity index (χ4v) is 4.02. The molecule has 1 amide bonds. The van der Waals surface area contributed by atoms with Crippen molar-refractivity contribution < 1.29 is 30.8 Å². The Morgan fingerprint density at radius 1 is 1.09 bits per heavy atom. The fraction of sp³-hybridized carbons (Fsp3) is 0.467. The summed E-state index contributed by atoms with van der Waals surface area (Å²) in [6.45, 7) is 4.88. The van der Waals surface area contributed by atoms with E-state index in [9.17, 15) is 9.59 Å². The summed E-state index contributed by atoms with van der Waals surface area (Å²) in [6.07, 6.45) is 1.85. The molecule has 132 valence electrons. The van der Waals surface area contributed by atoms with Gasteiger partial charge in [-0.05, 0) is 0 Å². The van der Waals surface area contributed by atoms with Crippen molar-refractivity contribution in [3.05, 3.63) is 30.3 Å². The van der Waals surface area contributed by atoms with Gasteiger partial charge in [0.2, 0.25) is 0 Å². The van der Waals surface area contributed by atoms with E-state index in [0.29, 0.717) is 6.61 Å². The van der Waals surface area contributed by atoms with Crippen LogP contribution >= 0.6 is 0 Å². The van der Waals surface area contributed by atoms with Crippen LogP contribution < -0.4 is 4.40 Å². The van der Waals surface area contributed by atoms with Gasteiger partial charge in [0, 0.05) is 0 Å². The van der Waals surface area contributed by atoms with E-state index in [1.165, 1.54) is 4.40 Å². The van der Waals surface area contributed by atoms with Gasteiger partial charge in [0.05, 0.1) is 0 Å². The first kappa shape index (κ1) is 26.5. The van der Waals surface area contributed by atoms with Gasteiger partial charge in [-0.1, -0.05) is 0 Å². The van der Waals surface area contributed by atoms with E-state index in [1.54, 1.807) is 6.92 Å². The number of hydrogen-bond acceptors (Lipinski definition) is 3. The molecule has 7 nitrogen and oxygen atoms in total. The van der Waals surface area contributed by atoms with Crippen LogP contribution in [0.4, 0.5) is 0 Å². The molecule has 2 radical (unpaired) electrons. The number of hydrogen-bond donors (Lipinski definition) is 0. The standard InChI is InChI=1S/C15H21GeNO3.3H2O/c1-3-5-11-17(14(18)12-15(19)20-4-2)16-13-9-7-6-8-10-13;;;/h6-10H,3-5,11-12H2,1-2H3;3*1H2. The monoisotopic (exact) mass is 391 g/mol. The summed E-state index contributed by atoms with van der Waals surface area (Å²) in [5.74, 6) is -0.542. The Hall–Kier alpha value is -1.42. The third-order valence-corrected chi connectivity index (χ3v) is 5.47. The molecule has 0 spiro atoms. The minimum Gasteiger partial charge on any atom is -0.412 e. The second-order valence-electron chi connectivity index (χ2n) is 4.36. The first-order valence-electron chi connectivity index (χ1n) is 6.95. The van der Waals surface area contributed by atoms with Gasteiger partial charge in [0.1, 0.15) is 0 Å². The maximum Gasteiger partial charge on any atom is -0.412 e. The smallest absolute Gasteiger partial charge is 0.412 e. The second kappa shape index (κ2) is 15.5. The quantitative estimate of drug-likeness (QED) is 0.321. The number of esters is 1. The summed E-state index contributed by atoms with van der Waals surface area (Å²) in [4.78, 5) is 23.6. The van der Waals surface area contributed by atoms with Gasteiger partial charge in [-0.3, -0.25) is 0 Å². The number of carbonyl (C=O) groups is 2. The number of ether oxygens (including phenoxy) is 1. The van der Waals surface area contributed by atoms with E-state index in [4.69, 9.17) is 4.74 Å². The van der Waals surface area contributed by atoms with Crippen LogP contribution in [-0.2, 0) is 14.3 Å². The molecule has 0 aromatic heterocycles. The van der Waals surface area contributed by atoms with E-state index in [0.717, 1.165) is 19.4 Å². The van der Waals surface area contributed by atoms with E-state index in [-0.39, 0.29) is 28.8 Å². The molecule has 0 atom stereocenters. The van der Waals surface area contributed by atoms with E-state index in [2.05, 4.69) is 6.92 Å². The molecule has 1 aromatic rings. The van der Waals surface area contributed by atoms with Gasteiger partial charge in [0.25, 0.3) is 0 Å². The van der Waals surface area contributed by atoms with Crippen molar-refractivity contribution in [3.8, 4) is 0 Å². The molecule has 0 unspecified atom stereocenters. The molecule has 0 heterocycles. The van der Waals surface area contributed by atoms with Gasteiger partial charge in [-0.25, -0.2) is 0 Å². The molecule has 1 aromatic carbocycles. The summed E-state index contributed by atoms with van der Waals surface area (Å²) in [7, 11) is 0. The molecule has 0 saturated carbocycles. The maximum absolute atomic E-state index is 12.2. The van der Waals surface area contributed by atoms with Crippen LogP contribution in [0.2, 0.25) is 0 Å². The number of rotatable bonds is 8. The molecule has 0 aliphatic rings. The van der Waals surface area contributed by atoms with Crippen molar-refractivity contribution in [2.24, 2.45) is 0 Å². The molecular weight excluding hydrogens is 363 g/mol. The van der Waals surface area contributed by atoms with Gasteiger partial charge in [0.15, 0.2) is 0 Å². The van der Waals surface area contributed by atoms with Crippen molar-refractivity contribution >= 4 is 31.9 Å². The average molecular weight is 390 g/mol. The number of unbranched alkanes of at least 4 members (excludes halogenated alkanes) is 1. The van der Waals surface area contributed by atoms with Crippen molar-refractivity contribution in [2.45, 2.75) is 33.1 Å². The van der Waals surface area contributed by atoms with Gasteiger partial charge in [-0.2, -0.15) is 0 Å². The van der Waals surface area contributed by atoms with Crippen LogP contribution in [0.1, 0.15) is 33.1 Å². The zero-order valence-electron chi connectivity index (χ0n) is 13.6. The van der Waals surface area contributed by atoms with Gasteiger partial charge >= 0.3 is 127 Å². The molecule has 0 saturated heterocycles. The SMILES string of the molecule is CCCC[N]([Ge][c]1ccccc1)C(=O)CC(=O)OCC.O.O.O. The van der Waals surface area contributed by atoms with E-state index in [1.807, 2.05) is 34.2 Å². The largest absolute Gasteiger partial charge is 0.412 e. The molecule has 6 N–H and O–H groups in total. The van der Waals surface area contributed by atoms with Crippen molar-refractivity contribution in [3.63, 3.8) is 0 Å². The molecule has 8 heteroatoms. The van der Waals surface area contributed by atoms with Crippen molar-refractivity contribution in [2.75, 3.05) is 13.2 Å². The molecule has 0 aliphatic heterocycles. The molecular formula is C15H27GeNO6. The molecule has 0 fully saturated rings. The minimum atomic E-state index is -0.707.